The molecule has 2 aromatic heterocycles. The molecule has 0 bridgehead atoms. The Morgan fingerprint density at radius 2 is 1.91 bits per heavy atom. The number of anilines is 1. The zero-order chi connectivity index (χ0) is 17.3. The fourth-order valence-electron chi connectivity index (χ4n) is 2.34. The van der Waals surface area contributed by atoms with Crippen molar-refractivity contribution in [1.29, 1.82) is 5.26 Å². The normalized spacial score (nSPS) is 13.4. The van der Waals surface area contributed by atoms with Crippen LogP contribution < -0.4 is 16.6 Å². The minimum atomic E-state index is -0.604. The molecule has 0 spiro atoms. The summed E-state index contributed by atoms with van der Waals surface area (Å²) in [4.78, 5) is 24.1. The molecule has 0 saturated heterocycles. The van der Waals surface area contributed by atoms with Gasteiger partial charge in [-0.3, -0.25) is 18.6 Å². The number of nitrogens with zero attached hydrogens (tertiary/aromatic N) is 5. The Kier molecular flexibility index (Phi) is 4.40. The van der Waals surface area contributed by atoms with Gasteiger partial charge in [-0.1, -0.05) is 0 Å². The average molecular weight is 316 g/mol. The molecule has 8 nitrogen and oxygen atoms in total. The van der Waals surface area contributed by atoms with Crippen molar-refractivity contribution in [3.63, 3.8) is 0 Å². The van der Waals surface area contributed by atoms with Gasteiger partial charge in [0.25, 0.3) is 5.56 Å². The van der Waals surface area contributed by atoms with Crippen LogP contribution in [0.4, 0.5) is 5.82 Å². The zero-order valence-electron chi connectivity index (χ0n) is 13.9. The molecule has 23 heavy (non-hydrogen) atoms. The van der Waals surface area contributed by atoms with E-state index in [0.29, 0.717) is 0 Å². The van der Waals surface area contributed by atoms with Gasteiger partial charge in [0, 0.05) is 26.3 Å². The highest BCUT2D eigenvalue weighted by atomic mass is 16.2. The lowest BCUT2D eigenvalue weighted by atomic mass is 10.1. The number of rotatable bonds is 4. The van der Waals surface area contributed by atoms with E-state index in [2.05, 4.69) is 10.4 Å². The average Bonchev–Trinajstić information content (AvgIpc) is 2.96. The Morgan fingerprint density at radius 3 is 2.43 bits per heavy atom. The van der Waals surface area contributed by atoms with Crippen LogP contribution in [0.15, 0.2) is 22.0 Å². The molecule has 0 aromatic carbocycles. The molecule has 0 amide bonds. The fraction of sp³-hybridized carbons (Fsp3) is 0.467. The van der Waals surface area contributed by atoms with Crippen molar-refractivity contribution in [3.05, 3.63) is 44.4 Å². The highest BCUT2D eigenvalue weighted by Crippen LogP contribution is 2.17. The summed E-state index contributed by atoms with van der Waals surface area (Å²) >= 11 is 0. The maximum absolute atomic E-state index is 12.1. The van der Waals surface area contributed by atoms with E-state index in [1.807, 2.05) is 33.0 Å². The maximum Gasteiger partial charge on any atom is 0.332 e. The number of aryl methyl sites for hydroxylation is 1. The summed E-state index contributed by atoms with van der Waals surface area (Å²) in [6.45, 7) is 5.83. The monoisotopic (exact) mass is 316 g/mol. The van der Waals surface area contributed by atoms with Crippen LogP contribution in [0.25, 0.3) is 0 Å². The van der Waals surface area contributed by atoms with Crippen LogP contribution >= 0.6 is 0 Å². The van der Waals surface area contributed by atoms with Gasteiger partial charge in [-0.15, -0.1) is 0 Å². The van der Waals surface area contributed by atoms with Gasteiger partial charge in [0.2, 0.25) is 0 Å². The van der Waals surface area contributed by atoms with Crippen molar-refractivity contribution >= 4 is 5.82 Å². The molecule has 0 aliphatic heterocycles. The van der Waals surface area contributed by atoms with E-state index in [9.17, 15) is 14.9 Å². The minimum absolute atomic E-state index is 0.0330. The molecule has 1 N–H and O–H groups in total. The summed E-state index contributed by atoms with van der Waals surface area (Å²) in [6, 6.07) is 1.70. The molecule has 0 unspecified atom stereocenters. The molecule has 0 aliphatic carbocycles. The van der Waals surface area contributed by atoms with Gasteiger partial charge in [0.15, 0.2) is 5.56 Å². The molecule has 0 radical (unpaired) electrons. The van der Waals surface area contributed by atoms with Gasteiger partial charge < -0.3 is 5.32 Å². The second kappa shape index (κ2) is 6.12. The van der Waals surface area contributed by atoms with Crippen molar-refractivity contribution in [2.75, 3.05) is 5.32 Å². The topological polar surface area (TPSA) is 97.6 Å². The Balaban J connectivity index is 2.42. The molecule has 2 atom stereocenters. The second-order valence-electron chi connectivity index (χ2n) is 5.71. The molecular formula is C15H20N6O2. The first-order chi connectivity index (χ1) is 10.8. The predicted molar refractivity (Wildman–Crippen MR) is 86.4 cm³/mol. The predicted octanol–water partition coefficient (Wildman–Crippen LogP) is 0.522. The van der Waals surface area contributed by atoms with Crippen LogP contribution in [-0.2, 0) is 14.1 Å². The van der Waals surface area contributed by atoms with E-state index in [1.165, 1.54) is 18.7 Å². The molecule has 0 aliphatic rings. The van der Waals surface area contributed by atoms with Crippen LogP contribution in [0.3, 0.4) is 0 Å². The lowest BCUT2D eigenvalue weighted by molar-refractivity contribution is 0.441. The molecule has 2 heterocycles. The second-order valence-corrected chi connectivity index (χ2v) is 5.71. The standard InChI is InChI=1S/C15H20N6O2/c1-9-7-17-21(8-9)11(3)10(2)18-13-12(6-16)14(22)20(5)15(23)19(13)4/h7-8,10-11,18H,1-5H3/t10-,11-/m1/s1. The van der Waals surface area contributed by atoms with E-state index in [-0.39, 0.29) is 23.5 Å². The minimum Gasteiger partial charge on any atom is -0.365 e. The smallest absolute Gasteiger partial charge is 0.332 e. The summed E-state index contributed by atoms with van der Waals surface area (Å²) in [5, 5.41) is 16.7. The van der Waals surface area contributed by atoms with Crippen molar-refractivity contribution in [2.24, 2.45) is 14.1 Å². The van der Waals surface area contributed by atoms with Gasteiger partial charge in [-0.05, 0) is 26.3 Å². The molecular weight excluding hydrogens is 296 g/mol. The van der Waals surface area contributed by atoms with E-state index >= 15 is 0 Å². The molecule has 0 saturated carbocycles. The molecule has 8 heteroatoms. The third-order valence-electron chi connectivity index (χ3n) is 4.01. The lowest BCUT2D eigenvalue weighted by Gasteiger charge is -2.24. The quantitative estimate of drug-likeness (QED) is 0.887. The van der Waals surface area contributed by atoms with Crippen molar-refractivity contribution in [2.45, 2.75) is 32.9 Å². The first kappa shape index (κ1) is 16.5. The zero-order valence-corrected chi connectivity index (χ0v) is 13.9. The number of nitriles is 1. The lowest BCUT2D eigenvalue weighted by Crippen LogP contribution is -2.41. The van der Waals surface area contributed by atoms with Gasteiger partial charge in [-0.25, -0.2) is 4.79 Å². The Hall–Kier alpha value is -2.82. The Bertz CT molecular complexity index is 883. The SMILES string of the molecule is Cc1cnn([C@H](C)[C@@H](C)Nc2c(C#N)c(=O)n(C)c(=O)n2C)c1. The van der Waals surface area contributed by atoms with Crippen LogP contribution in [0.2, 0.25) is 0 Å². The Morgan fingerprint density at radius 1 is 1.26 bits per heavy atom. The van der Waals surface area contributed by atoms with E-state index < -0.39 is 11.2 Å². The van der Waals surface area contributed by atoms with Gasteiger partial charge in [-0.2, -0.15) is 10.4 Å². The number of aromatic nitrogens is 4. The third-order valence-corrected chi connectivity index (χ3v) is 4.01. The van der Waals surface area contributed by atoms with Crippen molar-refractivity contribution < 1.29 is 0 Å². The molecule has 2 rings (SSSR count). The van der Waals surface area contributed by atoms with E-state index in [4.69, 9.17) is 0 Å². The van der Waals surface area contributed by atoms with E-state index in [0.717, 1.165) is 10.1 Å². The first-order valence-corrected chi connectivity index (χ1v) is 7.25. The van der Waals surface area contributed by atoms with Crippen LogP contribution in [0.5, 0.6) is 0 Å². The Labute approximate surface area is 133 Å². The highest BCUT2D eigenvalue weighted by molar-refractivity contribution is 5.51. The summed E-state index contributed by atoms with van der Waals surface area (Å²) in [5.74, 6) is 0.226. The number of hydrogen-bond acceptors (Lipinski definition) is 5. The maximum atomic E-state index is 12.1. The van der Waals surface area contributed by atoms with Crippen molar-refractivity contribution in [1.82, 2.24) is 18.9 Å². The van der Waals surface area contributed by atoms with Crippen molar-refractivity contribution in [3.8, 4) is 6.07 Å². The third kappa shape index (κ3) is 2.90. The molecule has 2 aromatic rings. The van der Waals surface area contributed by atoms with Gasteiger partial charge >= 0.3 is 5.69 Å². The molecule has 0 fully saturated rings. The summed E-state index contributed by atoms with van der Waals surface area (Å²) in [5.41, 5.74) is -0.118. The van der Waals surface area contributed by atoms with Crippen LogP contribution in [-0.4, -0.2) is 25.0 Å². The largest absolute Gasteiger partial charge is 0.365 e. The highest BCUT2D eigenvalue weighted by Gasteiger charge is 2.20. The summed E-state index contributed by atoms with van der Waals surface area (Å²) < 4.78 is 4.00. The molecule has 122 valence electrons. The summed E-state index contributed by atoms with van der Waals surface area (Å²) in [6.07, 6.45) is 3.68. The van der Waals surface area contributed by atoms with Gasteiger partial charge in [0.05, 0.1) is 12.2 Å². The summed E-state index contributed by atoms with van der Waals surface area (Å²) in [7, 11) is 2.88. The first-order valence-electron chi connectivity index (χ1n) is 7.25. The number of nitrogens with one attached hydrogen (secondary N) is 1. The van der Waals surface area contributed by atoms with Gasteiger partial charge in [0.1, 0.15) is 11.9 Å². The number of hydrogen-bond donors (Lipinski definition) is 1. The van der Waals surface area contributed by atoms with Crippen LogP contribution in [0, 0.1) is 18.3 Å². The van der Waals surface area contributed by atoms with Crippen LogP contribution in [0.1, 0.15) is 31.0 Å². The fourth-order valence-corrected chi connectivity index (χ4v) is 2.34. The van der Waals surface area contributed by atoms with E-state index in [1.54, 1.807) is 10.9 Å².